The average molecular weight is 483 g/mol. The van der Waals surface area contributed by atoms with Gasteiger partial charge in [0.1, 0.15) is 12.1 Å². The van der Waals surface area contributed by atoms with Crippen molar-refractivity contribution < 1.29 is 22.8 Å². The van der Waals surface area contributed by atoms with E-state index in [-0.39, 0.29) is 22.5 Å². The number of hydrogen-bond acceptors (Lipinski definition) is 8. The van der Waals surface area contributed by atoms with E-state index in [9.17, 15) is 23.3 Å². The molecular weight excluding hydrogens is 465 g/mol. The van der Waals surface area contributed by atoms with E-state index >= 15 is 0 Å². The molecule has 13 heteroatoms. The van der Waals surface area contributed by atoms with Crippen LogP contribution >= 0.6 is 11.6 Å². The molecule has 0 amide bonds. The van der Waals surface area contributed by atoms with E-state index in [2.05, 4.69) is 32.5 Å². The van der Waals surface area contributed by atoms with Gasteiger partial charge in [-0.1, -0.05) is 24.9 Å². The number of unbranched alkanes of at least 4 members (excludes halogenated alkanes) is 1. The van der Waals surface area contributed by atoms with Gasteiger partial charge in [0, 0.05) is 11.9 Å². The lowest BCUT2D eigenvalue weighted by Gasteiger charge is -2.12. The number of nitrogens with zero attached hydrogens (tertiary/aromatic N) is 4. The third-order valence-electron chi connectivity index (χ3n) is 4.29. The highest BCUT2D eigenvalue weighted by molar-refractivity contribution is 6.33. The van der Waals surface area contributed by atoms with Crippen LogP contribution in [0.1, 0.15) is 25.3 Å². The summed E-state index contributed by atoms with van der Waals surface area (Å²) in [4.78, 5) is 22.3. The van der Waals surface area contributed by atoms with Crippen LogP contribution in [-0.2, 0) is 6.18 Å². The van der Waals surface area contributed by atoms with Crippen molar-refractivity contribution in [1.82, 2.24) is 15.0 Å². The lowest BCUT2D eigenvalue weighted by Crippen LogP contribution is -2.08. The summed E-state index contributed by atoms with van der Waals surface area (Å²) in [6.45, 7) is 2.63. The summed E-state index contributed by atoms with van der Waals surface area (Å²) in [7, 11) is 0. The number of ether oxygens (including phenoxy) is 1. The van der Waals surface area contributed by atoms with Crippen LogP contribution in [0.25, 0.3) is 0 Å². The maximum absolute atomic E-state index is 12.8. The molecule has 0 unspecified atom stereocenters. The molecule has 0 fully saturated rings. The molecule has 0 saturated heterocycles. The van der Waals surface area contributed by atoms with E-state index in [0.29, 0.717) is 30.3 Å². The number of nitrogens with one attached hydrogen (secondary N) is 2. The third kappa shape index (κ3) is 6.19. The van der Waals surface area contributed by atoms with Gasteiger partial charge < -0.3 is 15.4 Å². The van der Waals surface area contributed by atoms with Crippen LogP contribution in [0, 0.1) is 10.1 Å². The molecule has 2 heterocycles. The van der Waals surface area contributed by atoms with E-state index in [1.54, 1.807) is 24.3 Å². The molecule has 33 heavy (non-hydrogen) atoms. The lowest BCUT2D eigenvalue weighted by molar-refractivity contribution is -0.383. The number of alkyl halides is 3. The van der Waals surface area contributed by atoms with E-state index in [0.717, 1.165) is 19.2 Å². The van der Waals surface area contributed by atoms with Crippen LogP contribution in [0.15, 0.2) is 42.9 Å². The molecule has 0 bridgehead atoms. The number of pyridine rings is 1. The number of nitro groups is 1. The Labute approximate surface area is 191 Å². The SMILES string of the molecule is CCCCOc1ccc(Nc2ncnc(Nc3ncc(C(F)(F)F)cc3Cl)c2[N+](=O)[O-])cc1. The molecule has 9 nitrogen and oxygen atoms in total. The van der Waals surface area contributed by atoms with Gasteiger partial charge in [-0.25, -0.2) is 15.0 Å². The van der Waals surface area contributed by atoms with Crippen LogP contribution < -0.4 is 15.4 Å². The van der Waals surface area contributed by atoms with E-state index in [4.69, 9.17) is 16.3 Å². The molecule has 3 rings (SSSR count). The van der Waals surface area contributed by atoms with Gasteiger partial charge >= 0.3 is 11.9 Å². The molecular formula is C20H18ClF3N6O3. The summed E-state index contributed by atoms with van der Waals surface area (Å²) in [6.07, 6.45) is -1.10. The van der Waals surface area contributed by atoms with Gasteiger partial charge in [-0.2, -0.15) is 13.2 Å². The quantitative estimate of drug-likeness (QED) is 0.213. The zero-order valence-electron chi connectivity index (χ0n) is 17.2. The molecule has 0 aliphatic carbocycles. The van der Waals surface area contributed by atoms with Crippen LogP contribution in [0.3, 0.4) is 0 Å². The molecule has 0 aliphatic rings. The highest BCUT2D eigenvalue weighted by Crippen LogP contribution is 2.36. The normalized spacial score (nSPS) is 11.2. The smallest absolute Gasteiger partial charge is 0.417 e. The van der Waals surface area contributed by atoms with Crippen molar-refractivity contribution in [3.63, 3.8) is 0 Å². The molecule has 0 atom stereocenters. The van der Waals surface area contributed by atoms with E-state index < -0.39 is 22.4 Å². The monoisotopic (exact) mass is 482 g/mol. The minimum Gasteiger partial charge on any atom is -0.494 e. The molecule has 174 valence electrons. The van der Waals surface area contributed by atoms with Gasteiger partial charge in [0.2, 0.25) is 11.6 Å². The number of rotatable bonds is 9. The minimum absolute atomic E-state index is 0.139. The summed E-state index contributed by atoms with van der Waals surface area (Å²) in [6, 6.07) is 7.39. The minimum atomic E-state index is -4.64. The Morgan fingerprint density at radius 1 is 1.09 bits per heavy atom. The van der Waals surface area contributed by atoms with E-state index in [1.807, 2.05) is 0 Å². The Morgan fingerprint density at radius 3 is 2.33 bits per heavy atom. The molecule has 0 saturated carbocycles. The first-order chi connectivity index (χ1) is 15.7. The molecule has 1 aromatic carbocycles. The van der Waals surface area contributed by atoms with Gasteiger partial charge in [0.25, 0.3) is 0 Å². The topological polar surface area (TPSA) is 115 Å². The van der Waals surface area contributed by atoms with Crippen molar-refractivity contribution in [2.75, 3.05) is 17.2 Å². The zero-order chi connectivity index (χ0) is 24.0. The Bertz CT molecular complexity index is 1130. The number of halogens is 4. The Morgan fingerprint density at radius 2 is 1.76 bits per heavy atom. The van der Waals surface area contributed by atoms with Gasteiger partial charge in [0.15, 0.2) is 5.82 Å². The lowest BCUT2D eigenvalue weighted by atomic mass is 10.2. The summed E-state index contributed by atoms with van der Waals surface area (Å²) in [5.41, 5.74) is -1.10. The van der Waals surface area contributed by atoms with Crippen LogP contribution in [0.5, 0.6) is 5.75 Å². The molecule has 0 radical (unpaired) electrons. The maximum atomic E-state index is 12.8. The fraction of sp³-hybridized carbons (Fsp3) is 0.250. The summed E-state index contributed by atoms with van der Waals surface area (Å²) >= 11 is 5.88. The van der Waals surface area contributed by atoms with Gasteiger partial charge in [-0.3, -0.25) is 10.1 Å². The van der Waals surface area contributed by atoms with Crippen LogP contribution in [0.2, 0.25) is 5.02 Å². The van der Waals surface area contributed by atoms with Crippen molar-refractivity contribution in [3.05, 3.63) is 63.6 Å². The van der Waals surface area contributed by atoms with Gasteiger partial charge in [0.05, 0.1) is 22.1 Å². The number of anilines is 4. The van der Waals surface area contributed by atoms with Crippen molar-refractivity contribution in [2.24, 2.45) is 0 Å². The average Bonchev–Trinajstić information content (AvgIpc) is 2.76. The van der Waals surface area contributed by atoms with Gasteiger partial charge in [-0.15, -0.1) is 0 Å². The van der Waals surface area contributed by atoms with Crippen molar-refractivity contribution >= 4 is 40.4 Å². The second-order valence-electron chi connectivity index (χ2n) is 6.71. The molecule has 3 aromatic rings. The standard InChI is InChI=1S/C20H18ClF3N6O3/c1-2-3-8-33-14-6-4-13(5-7-14)28-18-16(30(31)32)19(27-11-26-18)29-17-15(21)9-12(10-25-17)20(22,23)24/h4-7,9-11H,2-3,8H2,1H3,(H2,25,26,27,28,29). The molecule has 0 aliphatic heterocycles. The predicted octanol–water partition coefficient (Wildman–Crippen LogP) is 6.12. The molecule has 2 N–H and O–H groups in total. The highest BCUT2D eigenvalue weighted by atomic mass is 35.5. The third-order valence-corrected chi connectivity index (χ3v) is 4.58. The number of aromatic nitrogens is 3. The second-order valence-corrected chi connectivity index (χ2v) is 7.11. The number of benzene rings is 1. The summed E-state index contributed by atoms with van der Waals surface area (Å²) in [5.74, 6) is -0.0195. The Hall–Kier alpha value is -3.67. The summed E-state index contributed by atoms with van der Waals surface area (Å²) < 4.78 is 44.0. The fourth-order valence-corrected chi connectivity index (χ4v) is 2.85. The Kier molecular flexibility index (Phi) is 7.48. The predicted molar refractivity (Wildman–Crippen MR) is 116 cm³/mol. The van der Waals surface area contributed by atoms with Crippen molar-refractivity contribution in [3.8, 4) is 5.75 Å². The maximum Gasteiger partial charge on any atom is 0.417 e. The first kappa shape index (κ1) is 24.0. The number of hydrogen-bond donors (Lipinski definition) is 2. The fourth-order valence-electron chi connectivity index (χ4n) is 2.64. The first-order valence-electron chi connectivity index (χ1n) is 9.68. The Balaban J connectivity index is 1.84. The first-order valence-corrected chi connectivity index (χ1v) is 10.1. The van der Waals surface area contributed by atoms with Crippen molar-refractivity contribution in [1.29, 1.82) is 0 Å². The summed E-state index contributed by atoms with van der Waals surface area (Å²) in [5, 5.41) is 16.7. The van der Waals surface area contributed by atoms with Crippen molar-refractivity contribution in [2.45, 2.75) is 25.9 Å². The van der Waals surface area contributed by atoms with E-state index in [1.165, 1.54) is 0 Å². The largest absolute Gasteiger partial charge is 0.494 e. The molecule has 0 spiro atoms. The van der Waals surface area contributed by atoms with Gasteiger partial charge in [-0.05, 0) is 36.8 Å². The highest BCUT2D eigenvalue weighted by Gasteiger charge is 2.32. The van der Waals surface area contributed by atoms with Crippen LogP contribution in [0.4, 0.5) is 42.0 Å². The zero-order valence-corrected chi connectivity index (χ0v) is 17.9. The van der Waals surface area contributed by atoms with Crippen LogP contribution in [-0.4, -0.2) is 26.5 Å². The molecule has 2 aromatic heterocycles. The second kappa shape index (κ2) is 10.3.